The molecular weight excluding hydrogens is 232 g/mol. The lowest BCUT2D eigenvalue weighted by atomic mass is 10.2. The zero-order chi connectivity index (χ0) is 9.68. The molecule has 1 rings (SSSR count). The van der Waals surface area contributed by atoms with Gasteiger partial charge in [0.1, 0.15) is 5.75 Å². The Morgan fingerprint density at radius 2 is 2.08 bits per heavy atom. The SMILES string of the molecule is COC=Cc1ccc(Br)c(OC)c1. The molecule has 0 spiro atoms. The Balaban J connectivity index is 2.92. The lowest BCUT2D eigenvalue weighted by Gasteiger charge is -2.03. The number of hydrogen-bond acceptors (Lipinski definition) is 2. The van der Waals surface area contributed by atoms with Gasteiger partial charge in [-0.25, -0.2) is 0 Å². The predicted molar refractivity (Wildman–Crippen MR) is 56.7 cm³/mol. The third kappa shape index (κ3) is 2.77. The molecule has 0 fully saturated rings. The maximum Gasteiger partial charge on any atom is 0.133 e. The van der Waals surface area contributed by atoms with Crippen LogP contribution in [-0.2, 0) is 4.74 Å². The fourth-order valence-corrected chi connectivity index (χ4v) is 1.34. The number of rotatable bonds is 3. The Kier molecular flexibility index (Phi) is 3.83. The maximum atomic E-state index is 5.14. The first-order chi connectivity index (χ1) is 6.27. The van der Waals surface area contributed by atoms with Gasteiger partial charge in [0.15, 0.2) is 0 Å². The Bertz CT molecular complexity index is 308. The van der Waals surface area contributed by atoms with E-state index in [-0.39, 0.29) is 0 Å². The van der Waals surface area contributed by atoms with E-state index in [1.54, 1.807) is 20.5 Å². The number of methoxy groups -OCH3 is 2. The smallest absolute Gasteiger partial charge is 0.133 e. The molecule has 0 aliphatic rings. The van der Waals surface area contributed by atoms with Gasteiger partial charge >= 0.3 is 0 Å². The van der Waals surface area contributed by atoms with Gasteiger partial charge in [-0.15, -0.1) is 0 Å². The molecule has 0 N–H and O–H groups in total. The fraction of sp³-hybridized carbons (Fsp3) is 0.200. The quantitative estimate of drug-likeness (QED) is 0.759. The van der Waals surface area contributed by atoms with Gasteiger partial charge in [0.25, 0.3) is 0 Å². The average Bonchev–Trinajstić information content (AvgIpc) is 2.16. The molecule has 0 atom stereocenters. The molecule has 0 aliphatic carbocycles. The molecule has 0 radical (unpaired) electrons. The summed E-state index contributed by atoms with van der Waals surface area (Å²) >= 11 is 3.38. The van der Waals surface area contributed by atoms with Crippen molar-refractivity contribution in [1.29, 1.82) is 0 Å². The highest BCUT2D eigenvalue weighted by atomic mass is 79.9. The first kappa shape index (κ1) is 10.1. The summed E-state index contributed by atoms with van der Waals surface area (Å²) in [4.78, 5) is 0. The van der Waals surface area contributed by atoms with E-state index in [4.69, 9.17) is 9.47 Å². The lowest BCUT2D eigenvalue weighted by Crippen LogP contribution is -1.84. The van der Waals surface area contributed by atoms with Crippen molar-refractivity contribution in [3.8, 4) is 5.75 Å². The molecule has 3 heteroatoms. The average molecular weight is 243 g/mol. The first-order valence-corrected chi connectivity index (χ1v) is 4.60. The van der Waals surface area contributed by atoms with E-state index in [0.29, 0.717) is 0 Å². The minimum absolute atomic E-state index is 0.818. The van der Waals surface area contributed by atoms with Gasteiger partial charge in [0, 0.05) is 0 Å². The molecule has 0 heterocycles. The zero-order valence-corrected chi connectivity index (χ0v) is 9.17. The minimum Gasteiger partial charge on any atom is -0.504 e. The van der Waals surface area contributed by atoms with E-state index in [2.05, 4.69) is 15.9 Å². The number of benzene rings is 1. The minimum atomic E-state index is 0.818. The second-order valence-electron chi connectivity index (χ2n) is 2.43. The Labute approximate surface area is 86.3 Å². The Morgan fingerprint density at radius 3 is 2.69 bits per heavy atom. The van der Waals surface area contributed by atoms with Crippen LogP contribution in [0.2, 0.25) is 0 Å². The highest BCUT2D eigenvalue weighted by molar-refractivity contribution is 9.10. The van der Waals surface area contributed by atoms with Crippen molar-refractivity contribution >= 4 is 22.0 Å². The summed E-state index contributed by atoms with van der Waals surface area (Å²) in [5.74, 6) is 0.818. The van der Waals surface area contributed by atoms with Crippen LogP contribution in [-0.4, -0.2) is 14.2 Å². The van der Waals surface area contributed by atoms with Crippen LogP contribution in [0.1, 0.15) is 5.56 Å². The van der Waals surface area contributed by atoms with Gasteiger partial charge < -0.3 is 9.47 Å². The van der Waals surface area contributed by atoms with Crippen LogP contribution in [0.15, 0.2) is 28.9 Å². The van der Waals surface area contributed by atoms with E-state index in [9.17, 15) is 0 Å². The lowest BCUT2D eigenvalue weighted by molar-refractivity contribution is 0.341. The predicted octanol–water partition coefficient (Wildman–Crippen LogP) is 3.07. The highest BCUT2D eigenvalue weighted by Gasteiger charge is 1.98. The van der Waals surface area contributed by atoms with Gasteiger partial charge in [0.2, 0.25) is 0 Å². The van der Waals surface area contributed by atoms with Crippen LogP contribution < -0.4 is 4.74 Å². The van der Waals surface area contributed by atoms with Crippen molar-refractivity contribution in [2.45, 2.75) is 0 Å². The van der Waals surface area contributed by atoms with Crippen LogP contribution in [0.5, 0.6) is 5.75 Å². The van der Waals surface area contributed by atoms with E-state index < -0.39 is 0 Å². The van der Waals surface area contributed by atoms with Crippen molar-refractivity contribution in [3.05, 3.63) is 34.5 Å². The summed E-state index contributed by atoms with van der Waals surface area (Å²) in [5, 5.41) is 0. The van der Waals surface area contributed by atoms with Crippen LogP contribution in [0.3, 0.4) is 0 Å². The summed E-state index contributed by atoms with van der Waals surface area (Å²) in [7, 11) is 3.26. The molecule has 0 unspecified atom stereocenters. The first-order valence-electron chi connectivity index (χ1n) is 3.81. The standard InChI is InChI=1S/C10H11BrO2/c1-12-6-5-8-3-4-9(11)10(7-8)13-2/h3-7H,1-2H3. The summed E-state index contributed by atoms with van der Waals surface area (Å²) in [6, 6.07) is 5.84. The van der Waals surface area contributed by atoms with Crippen molar-refractivity contribution in [1.82, 2.24) is 0 Å². The van der Waals surface area contributed by atoms with E-state index in [1.807, 2.05) is 24.3 Å². The molecule has 0 saturated heterocycles. The molecule has 0 amide bonds. The highest BCUT2D eigenvalue weighted by Crippen LogP contribution is 2.25. The molecular formula is C10H11BrO2. The van der Waals surface area contributed by atoms with Gasteiger partial charge in [-0.1, -0.05) is 6.07 Å². The Hall–Kier alpha value is -0.960. The third-order valence-corrected chi connectivity index (χ3v) is 2.23. The summed E-state index contributed by atoms with van der Waals surface area (Å²) in [6.45, 7) is 0. The molecule has 0 aromatic heterocycles. The van der Waals surface area contributed by atoms with E-state index >= 15 is 0 Å². The van der Waals surface area contributed by atoms with Crippen molar-refractivity contribution in [3.63, 3.8) is 0 Å². The van der Waals surface area contributed by atoms with E-state index in [1.165, 1.54) is 0 Å². The normalized spacial score (nSPS) is 10.4. The van der Waals surface area contributed by atoms with Crippen molar-refractivity contribution < 1.29 is 9.47 Å². The molecule has 0 saturated carbocycles. The molecule has 0 aliphatic heterocycles. The molecule has 2 nitrogen and oxygen atoms in total. The summed E-state index contributed by atoms with van der Waals surface area (Å²) < 4.78 is 10.9. The monoisotopic (exact) mass is 242 g/mol. The van der Waals surface area contributed by atoms with Gasteiger partial charge in [0.05, 0.1) is 25.0 Å². The van der Waals surface area contributed by atoms with Crippen molar-refractivity contribution in [2.75, 3.05) is 14.2 Å². The molecule has 1 aromatic rings. The second kappa shape index (κ2) is 4.92. The topological polar surface area (TPSA) is 18.5 Å². The molecule has 13 heavy (non-hydrogen) atoms. The fourth-order valence-electron chi connectivity index (χ4n) is 0.927. The van der Waals surface area contributed by atoms with Gasteiger partial charge in [-0.05, 0) is 39.7 Å². The third-order valence-electron chi connectivity index (χ3n) is 1.57. The van der Waals surface area contributed by atoms with Gasteiger partial charge in [-0.3, -0.25) is 0 Å². The van der Waals surface area contributed by atoms with Crippen molar-refractivity contribution in [2.24, 2.45) is 0 Å². The van der Waals surface area contributed by atoms with E-state index in [0.717, 1.165) is 15.8 Å². The largest absolute Gasteiger partial charge is 0.504 e. The summed E-state index contributed by atoms with van der Waals surface area (Å²) in [6.07, 6.45) is 3.50. The molecule has 70 valence electrons. The zero-order valence-electron chi connectivity index (χ0n) is 7.58. The number of halogens is 1. The van der Waals surface area contributed by atoms with Gasteiger partial charge in [-0.2, -0.15) is 0 Å². The maximum absolute atomic E-state index is 5.14. The molecule has 0 bridgehead atoms. The Morgan fingerprint density at radius 1 is 1.31 bits per heavy atom. The van der Waals surface area contributed by atoms with Crippen LogP contribution >= 0.6 is 15.9 Å². The second-order valence-corrected chi connectivity index (χ2v) is 3.29. The van der Waals surface area contributed by atoms with Crippen LogP contribution in [0, 0.1) is 0 Å². The van der Waals surface area contributed by atoms with Crippen LogP contribution in [0.4, 0.5) is 0 Å². The summed E-state index contributed by atoms with van der Waals surface area (Å²) in [5.41, 5.74) is 1.04. The number of hydrogen-bond donors (Lipinski definition) is 0. The van der Waals surface area contributed by atoms with Crippen LogP contribution in [0.25, 0.3) is 6.08 Å². The number of ether oxygens (including phenoxy) is 2. The molecule has 1 aromatic carbocycles.